The van der Waals surface area contributed by atoms with Crippen LogP contribution in [0.1, 0.15) is 26.2 Å². The van der Waals surface area contributed by atoms with Crippen molar-refractivity contribution in [1.82, 2.24) is 0 Å². The van der Waals surface area contributed by atoms with Gasteiger partial charge in [0, 0.05) is 25.0 Å². The number of nitrogens with two attached hydrogens (primary N) is 1. The van der Waals surface area contributed by atoms with Crippen LogP contribution in [0.25, 0.3) is 0 Å². The Hall–Kier alpha value is 0.230. The fraction of sp³-hybridized carbons (Fsp3) is 1.00. The van der Waals surface area contributed by atoms with E-state index in [4.69, 9.17) is 10.5 Å². The maximum Gasteiger partial charge on any atom is 0.0749 e. The van der Waals surface area contributed by atoms with E-state index in [1.54, 1.807) is 6.92 Å². The van der Waals surface area contributed by atoms with E-state index in [0.717, 1.165) is 43.5 Å². The highest BCUT2D eigenvalue weighted by Gasteiger charge is 2.19. The first kappa shape index (κ1) is 12.3. The minimum absolute atomic E-state index is 0.349. The van der Waals surface area contributed by atoms with Gasteiger partial charge in [-0.15, -0.1) is 0 Å². The molecule has 84 valence electrons. The summed E-state index contributed by atoms with van der Waals surface area (Å²) in [6, 6.07) is 0. The Labute approximate surface area is 90.4 Å². The number of hydrogen-bond acceptors (Lipinski definition) is 4. The molecule has 1 atom stereocenters. The maximum atomic E-state index is 9.69. The van der Waals surface area contributed by atoms with Crippen molar-refractivity contribution in [2.24, 2.45) is 5.73 Å². The molecule has 1 saturated heterocycles. The zero-order chi connectivity index (χ0) is 10.4. The fourth-order valence-electron chi connectivity index (χ4n) is 1.39. The summed E-state index contributed by atoms with van der Waals surface area (Å²) in [4.78, 5) is 0. The van der Waals surface area contributed by atoms with Crippen molar-refractivity contribution in [3.05, 3.63) is 0 Å². The van der Waals surface area contributed by atoms with Gasteiger partial charge in [0.05, 0.1) is 5.60 Å². The molecule has 0 spiro atoms. The standard InChI is InChI=1S/C10H21NO2S/c1-10(12,8-11)4-7-14-9-2-5-13-6-3-9/h9,12H,2-8,11H2,1H3. The van der Waals surface area contributed by atoms with Crippen LogP contribution in [0, 0.1) is 0 Å². The van der Waals surface area contributed by atoms with Gasteiger partial charge >= 0.3 is 0 Å². The highest BCUT2D eigenvalue weighted by molar-refractivity contribution is 7.99. The second kappa shape index (κ2) is 5.95. The molecule has 1 unspecified atom stereocenters. The molecule has 0 amide bonds. The van der Waals surface area contributed by atoms with Crippen LogP contribution >= 0.6 is 11.8 Å². The average Bonchev–Trinajstić information content (AvgIpc) is 2.19. The third-order valence-corrected chi connectivity index (χ3v) is 3.98. The van der Waals surface area contributed by atoms with E-state index in [9.17, 15) is 5.11 Å². The first-order valence-electron chi connectivity index (χ1n) is 5.26. The van der Waals surface area contributed by atoms with Crippen LogP contribution in [0.15, 0.2) is 0 Å². The number of thioether (sulfide) groups is 1. The third-order valence-electron chi connectivity index (χ3n) is 2.60. The van der Waals surface area contributed by atoms with Gasteiger partial charge in [-0.05, 0) is 31.9 Å². The van der Waals surface area contributed by atoms with Gasteiger partial charge in [-0.3, -0.25) is 0 Å². The van der Waals surface area contributed by atoms with E-state index in [1.807, 2.05) is 11.8 Å². The molecule has 0 aromatic carbocycles. The van der Waals surface area contributed by atoms with Crippen molar-refractivity contribution in [2.75, 3.05) is 25.5 Å². The molecule has 4 heteroatoms. The largest absolute Gasteiger partial charge is 0.389 e. The summed E-state index contributed by atoms with van der Waals surface area (Å²) in [6.07, 6.45) is 3.08. The maximum absolute atomic E-state index is 9.69. The molecule has 0 radical (unpaired) electrons. The zero-order valence-electron chi connectivity index (χ0n) is 8.87. The molecule has 1 aliphatic rings. The Morgan fingerprint density at radius 3 is 2.71 bits per heavy atom. The van der Waals surface area contributed by atoms with Crippen LogP contribution < -0.4 is 5.73 Å². The molecular formula is C10H21NO2S. The average molecular weight is 219 g/mol. The minimum atomic E-state index is -0.682. The molecule has 1 heterocycles. The van der Waals surface area contributed by atoms with Gasteiger partial charge in [-0.1, -0.05) is 0 Å². The van der Waals surface area contributed by atoms with E-state index < -0.39 is 5.60 Å². The van der Waals surface area contributed by atoms with Gasteiger partial charge in [-0.25, -0.2) is 0 Å². The van der Waals surface area contributed by atoms with Gasteiger partial charge in [0.1, 0.15) is 0 Å². The normalized spacial score (nSPS) is 23.4. The van der Waals surface area contributed by atoms with Crippen LogP contribution in [0.5, 0.6) is 0 Å². The Balaban J connectivity index is 2.08. The van der Waals surface area contributed by atoms with Gasteiger partial charge in [0.15, 0.2) is 0 Å². The molecule has 1 aliphatic heterocycles. The predicted octanol–water partition coefficient (Wildman–Crippen LogP) is 0.998. The topological polar surface area (TPSA) is 55.5 Å². The van der Waals surface area contributed by atoms with Crippen LogP contribution in [-0.4, -0.2) is 41.5 Å². The van der Waals surface area contributed by atoms with Gasteiger partial charge in [-0.2, -0.15) is 11.8 Å². The van der Waals surface area contributed by atoms with Gasteiger partial charge in [0.25, 0.3) is 0 Å². The van der Waals surface area contributed by atoms with Crippen molar-refractivity contribution in [3.8, 4) is 0 Å². The minimum Gasteiger partial charge on any atom is -0.389 e. The lowest BCUT2D eigenvalue weighted by atomic mass is 10.1. The Bertz CT molecular complexity index is 158. The number of ether oxygens (including phenoxy) is 1. The SMILES string of the molecule is CC(O)(CN)CCSC1CCOCC1. The summed E-state index contributed by atoms with van der Waals surface area (Å²) in [5, 5.41) is 10.4. The summed E-state index contributed by atoms with van der Waals surface area (Å²) < 4.78 is 5.29. The fourth-order valence-corrected chi connectivity index (χ4v) is 2.81. The van der Waals surface area contributed by atoms with E-state index in [-0.39, 0.29) is 0 Å². The molecule has 0 aromatic heterocycles. The molecule has 1 rings (SSSR count). The van der Waals surface area contributed by atoms with Crippen LogP contribution in [-0.2, 0) is 4.74 Å². The smallest absolute Gasteiger partial charge is 0.0749 e. The van der Waals surface area contributed by atoms with Crippen molar-refractivity contribution >= 4 is 11.8 Å². The molecule has 0 aliphatic carbocycles. The molecule has 3 N–H and O–H groups in total. The van der Waals surface area contributed by atoms with Crippen molar-refractivity contribution in [2.45, 2.75) is 37.0 Å². The first-order chi connectivity index (χ1) is 6.64. The van der Waals surface area contributed by atoms with Gasteiger partial charge < -0.3 is 15.6 Å². The van der Waals surface area contributed by atoms with E-state index in [0.29, 0.717) is 6.54 Å². The number of hydrogen-bond donors (Lipinski definition) is 2. The molecule has 0 bridgehead atoms. The first-order valence-corrected chi connectivity index (χ1v) is 6.31. The second-order valence-corrected chi connectivity index (χ2v) is 5.54. The van der Waals surface area contributed by atoms with Crippen LogP contribution in [0.2, 0.25) is 0 Å². The molecule has 0 aromatic rings. The van der Waals surface area contributed by atoms with E-state index >= 15 is 0 Å². The van der Waals surface area contributed by atoms with E-state index in [1.165, 1.54) is 0 Å². The number of rotatable bonds is 5. The van der Waals surface area contributed by atoms with Crippen molar-refractivity contribution in [1.29, 1.82) is 0 Å². The van der Waals surface area contributed by atoms with Crippen molar-refractivity contribution in [3.63, 3.8) is 0 Å². The lowest BCUT2D eigenvalue weighted by Gasteiger charge is -2.24. The Morgan fingerprint density at radius 1 is 1.50 bits per heavy atom. The monoisotopic (exact) mass is 219 g/mol. The molecule has 0 saturated carbocycles. The highest BCUT2D eigenvalue weighted by atomic mass is 32.2. The molecule has 14 heavy (non-hydrogen) atoms. The molecule has 3 nitrogen and oxygen atoms in total. The lowest BCUT2D eigenvalue weighted by Crippen LogP contribution is -2.34. The Kier molecular flexibility index (Phi) is 5.23. The predicted molar refractivity (Wildman–Crippen MR) is 60.6 cm³/mol. The van der Waals surface area contributed by atoms with Gasteiger partial charge in [0.2, 0.25) is 0 Å². The Morgan fingerprint density at radius 2 is 2.14 bits per heavy atom. The third kappa shape index (κ3) is 4.64. The molecular weight excluding hydrogens is 198 g/mol. The summed E-state index contributed by atoms with van der Waals surface area (Å²) in [7, 11) is 0. The van der Waals surface area contributed by atoms with Crippen molar-refractivity contribution < 1.29 is 9.84 Å². The zero-order valence-corrected chi connectivity index (χ0v) is 9.68. The molecule has 1 fully saturated rings. The van der Waals surface area contributed by atoms with E-state index in [2.05, 4.69) is 0 Å². The summed E-state index contributed by atoms with van der Waals surface area (Å²) >= 11 is 1.94. The van der Waals surface area contributed by atoms with Crippen LogP contribution in [0.4, 0.5) is 0 Å². The lowest BCUT2D eigenvalue weighted by molar-refractivity contribution is 0.0663. The highest BCUT2D eigenvalue weighted by Crippen LogP contribution is 2.24. The summed E-state index contributed by atoms with van der Waals surface area (Å²) in [5.74, 6) is 0.995. The van der Waals surface area contributed by atoms with Crippen LogP contribution in [0.3, 0.4) is 0 Å². The second-order valence-electron chi connectivity index (χ2n) is 4.13. The quantitative estimate of drug-likeness (QED) is 0.724. The summed E-state index contributed by atoms with van der Waals surface area (Å²) in [6.45, 7) is 3.94. The number of aliphatic hydroxyl groups is 1. The summed E-state index contributed by atoms with van der Waals surface area (Å²) in [5.41, 5.74) is 4.76.